The average Bonchev–Trinajstić information content (AvgIpc) is 2.84. The van der Waals surface area contributed by atoms with E-state index in [1.54, 1.807) is 6.33 Å². The monoisotopic (exact) mass is 235 g/mol. The van der Waals surface area contributed by atoms with Gasteiger partial charge in [-0.25, -0.2) is 9.97 Å². The highest BCUT2D eigenvalue weighted by molar-refractivity contribution is 5.33. The molecule has 0 radical (unpaired) electrons. The summed E-state index contributed by atoms with van der Waals surface area (Å²) in [6.07, 6.45) is 6.65. The normalized spacial score (nSPS) is 14.8. The smallest absolute Gasteiger partial charge is 0.219 e. The van der Waals surface area contributed by atoms with E-state index in [2.05, 4.69) is 23.8 Å². The van der Waals surface area contributed by atoms with Gasteiger partial charge in [0.15, 0.2) is 0 Å². The Bertz CT molecular complexity index is 388. The molecule has 1 aromatic heterocycles. The highest BCUT2D eigenvalue weighted by Crippen LogP contribution is 2.27. The van der Waals surface area contributed by atoms with Crippen molar-refractivity contribution in [3.05, 3.63) is 17.6 Å². The molecule has 0 bridgehead atoms. The van der Waals surface area contributed by atoms with Crippen molar-refractivity contribution in [2.24, 2.45) is 5.73 Å². The topological polar surface area (TPSA) is 61.0 Å². The van der Waals surface area contributed by atoms with Gasteiger partial charge in [0.25, 0.3) is 0 Å². The highest BCUT2D eigenvalue weighted by Gasteiger charge is 2.24. The summed E-state index contributed by atoms with van der Waals surface area (Å²) < 4.78 is 5.82. The minimum Gasteiger partial charge on any atom is -0.475 e. The largest absolute Gasteiger partial charge is 0.475 e. The summed E-state index contributed by atoms with van der Waals surface area (Å²) in [6.45, 7) is 4.72. The van der Waals surface area contributed by atoms with Gasteiger partial charge in [0, 0.05) is 11.1 Å². The molecular formula is C13H21N3O. The quantitative estimate of drug-likeness (QED) is 0.846. The molecule has 0 aliphatic heterocycles. The summed E-state index contributed by atoms with van der Waals surface area (Å²) >= 11 is 0. The number of aromatic nitrogens is 2. The van der Waals surface area contributed by atoms with E-state index >= 15 is 0 Å². The predicted octanol–water partition coefficient (Wildman–Crippen LogP) is 1.86. The summed E-state index contributed by atoms with van der Waals surface area (Å²) in [7, 11) is 0. The lowest BCUT2D eigenvalue weighted by Gasteiger charge is -2.26. The second-order valence-electron chi connectivity index (χ2n) is 4.82. The Kier molecular flexibility index (Phi) is 3.62. The van der Waals surface area contributed by atoms with Gasteiger partial charge < -0.3 is 10.5 Å². The van der Waals surface area contributed by atoms with E-state index < -0.39 is 0 Å². The number of hydrogen-bond acceptors (Lipinski definition) is 4. The van der Waals surface area contributed by atoms with Crippen LogP contribution in [0.2, 0.25) is 0 Å². The van der Waals surface area contributed by atoms with Crippen molar-refractivity contribution in [2.45, 2.75) is 51.5 Å². The maximum Gasteiger partial charge on any atom is 0.219 e. The molecule has 1 heterocycles. The molecule has 0 atom stereocenters. The predicted molar refractivity (Wildman–Crippen MR) is 67.1 cm³/mol. The number of ether oxygens (including phenoxy) is 1. The summed E-state index contributed by atoms with van der Waals surface area (Å²) in [5, 5.41) is 0. The van der Waals surface area contributed by atoms with Gasteiger partial charge in [-0.1, -0.05) is 13.8 Å². The Morgan fingerprint density at radius 1 is 1.29 bits per heavy atom. The number of aryl methyl sites for hydroxylation is 1. The molecule has 4 nitrogen and oxygen atoms in total. The fraction of sp³-hybridized carbons (Fsp3) is 0.692. The number of hydrogen-bond donors (Lipinski definition) is 1. The van der Waals surface area contributed by atoms with Crippen molar-refractivity contribution in [3.63, 3.8) is 0 Å². The number of rotatable bonds is 5. The lowest BCUT2D eigenvalue weighted by atomic mass is 9.96. The first-order valence-electron chi connectivity index (χ1n) is 6.43. The third kappa shape index (κ3) is 2.57. The molecule has 1 aliphatic carbocycles. The molecule has 0 amide bonds. The molecule has 94 valence electrons. The van der Waals surface area contributed by atoms with Crippen LogP contribution in [0.25, 0.3) is 0 Å². The molecular weight excluding hydrogens is 214 g/mol. The molecule has 0 unspecified atom stereocenters. The molecule has 0 saturated carbocycles. The van der Waals surface area contributed by atoms with E-state index in [0.717, 1.165) is 43.7 Å². The number of nitrogens with two attached hydrogens (primary N) is 1. The van der Waals surface area contributed by atoms with Gasteiger partial charge in [0.1, 0.15) is 12.9 Å². The summed E-state index contributed by atoms with van der Waals surface area (Å²) in [5.41, 5.74) is 8.31. The lowest BCUT2D eigenvalue weighted by molar-refractivity contribution is 0.199. The summed E-state index contributed by atoms with van der Waals surface area (Å²) in [5.74, 6) is 0.740. The van der Waals surface area contributed by atoms with E-state index in [-0.39, 0.29) is 5.54 Å². The van der Waals surface area contributed by atoms with Crippen molar-refractivity contribution >= 4 is 0 Å². The molecule has 0 fully saturated rings. The van der Waals surface area contributed by atoms with Crippen LogP contribution < -0.4 is 10.5 Å². The Morgan fingerprint density at radius 3 is 2.76 bits per heavy atom. The van der Waals surface area contributed by atoms with E-state index in [1.807, 2.05) is 0 Å². The van der Waals surface area contributed by atoms with Gasteiger partial charge in [-0.2, -0.15) is 0 Å². The first-order valence-corrected chi connectivity index (χ1v) is 6.43. The fourth-order valence-electron chi connectivity index (χ4n) is 2.12. The van der Waals surface area contributed by atoms with E-state index in [0.29, 0.717) is 6.61 Å². The van der Waals surface area contributed by atoms with Crippen LogP contribution in [0.3, 0.4) is 0 Å². The van der Waals surface area contributed by atoms with Crippen molar-refractivity contribution in [3.8, 4) is 5.88 Å². The van der Waals surface area contributed by atoms with E-state index in [9.17, 15) is 0 Å². The van der Waals surface area contributed by atoms with E-state index in [4.69, 9.17) is 10.5 Å². The van der Waals surface area contributed by atoms with Crippen LogP contribution >= 0.6 is 0 Å². The van der Waals surface area contributed by atoms with Crippen molar-refractivity contribution in [1.29, 1.82) is 0 Å². The maximum absolute atomic E-state index is 6.22. The van der Waals surface area contributed by atoms with Crippen LogP contribution in [0.5, 0.6) is 5.88 Å². The first-order chi connectivity index (χ1) is 8.18. The standard InChI is InChI=1S/C13H21N3O/c1-3-13(14,4-2)8-17-12-10-6-5-7-11(10)15-9-16-12/h9H,3-8,14H2,1-2H3. The third-order valence-electron chi connectivity index (χ3n) is 3.74. The molecule has 0 aromatic carbocycles. The Morgan fingerprint density at radius 2 is 2.06 bits per heavy atom. The van der Waals surface area contributed by atoms with Crippen molar-refractivity contribution in [2.75, 3.05) is 6.61 Å². The van der Waals surface area contributed by atoms with Crippen LogP contribution in [0.4, 0.5) is 0 Å². The van der Waals surface area contributed by atoms with Crippen LogP contribution in [-0.4, -0.2) is 22.1 Å². The van der Waals surface area contributed by atoms with E-state index in [1.165, 1.54) is 5.56 Å². The first kappa shape index (κ1) is 12.3. The zero-order chi connectivity index (χ0) is 12.3. The van der Waals surface area contributed by atoms with Gasteiger partial charge in [-0.05, 0) is 32.1 Å². The Balaban J connectivity index is 2.07. The summed E-state index contributed by atoms with van der Waals surface area (Å²) in [4.78, 5) is 8.52. The molecule has 0 spiro atoms. The van der Waals surface area contributed by atoms with Crippen LogP contribution in [0.15, 0.2) is 6.33 Å². The van der Waals surface area contributed by atoms with Crippen LogP contribution in [-0.2, 0) is 12.8 Å². The zero-order valence-corrected chi connectivity index (χ0v) is 10.7. The fourth-order valence-corrected chi connectivity index (χ4v) is 2.12. The maximum atomic E-state index is 6.22. The second-order valence-corrected chi connectivity index (χ2v) is 4.82. The minimum absolute atomic E-state index is 0.240. The SMILES string of the molecule is CCC(N)(CC)COc1ncnc2c1CCC2. The Hall–Kier alpha value is -1.16. The van der Waals surface area contributed by atoms with Gasteiger partial charge in [-0.15, -0.1) is 0 Å². The molecule has 17 heavy (non-hydrogen) atoms. The second kappa shape index (κ2) is 5.00. The third-order valence-corrected chi connectivity index (χ3v) is 3.74. The number of nitrogens with zero attached hydrogens (tertiary/aromatic N) is 2. The van der Waals surface area contributed by atoms with Crippen molar-refractivity contribution in [1.82, 2.24) is 9.97 Å². The molecule has 0 saturated heterocycles. The summed E-state index contributed by atoms with van der Waals surface area (Å²) in [6, 6.07) is 0. The molecule has 2 rings (SSSR count). The van der Waals surface area contributed by atoms with Crippen LogP contribution in [0.1, 0.15) is 44.4 Å². The molecule has 1 aliphatic rings. The average molecular weight is 235 g/mol. The van der Waals surface area contributed by atoms with Gasteiger partial charge in [-0.3, -0.25) is 0 Å². The zero-order valence-electron chi connectivity index (χ0n) is 10.7. The Labute approximate surface area is 103 Å². The van der Waals surface area contributed by atoms with Crippen LogP contribution in [0, 0.1) is 0 Å². The molecule has 4 heteroatoms. The van der Waals surface area contributed by atoms with Crippen molar-refractivity contribution < 1.29 is 4.74 Å². The molecule has 2 N–H and O–H groups in total. The van der Waals surface area contributed by atoms with Gasteiger partial charge in [0.2, 0.25) is 5.88 Å². The molecule has 1 aromatic rings. The number of fused-ring (bicyclic) bond motifs is 1. The highest BCUT2D eigenvalue weighted by atomic mass is 16.5. The minimum atomic E-state index is -0.240. The van der Waals surface area contributed by atoms with Gasteiger partial charge >= 0.3 is 0 Å². The lowest BCUT2D eigenvalue weighted by Crippen LogP contribution is -2.44. The van der Waals surface area contributed by atoms with Gasteiger partial charge in [0.05, 0.1) is 5.69 Å².